The van der Waals surface area contributed by atoms with E-state index in [-0.39, 0.29) is 35.4 Å². The minimum Gasteiger partial charge on any atom is -0.486 e. The van der Waals surface area contributed by atoms with E-state index in [9.17, 15) is 13.2 Å². The van der Waals surface area contributed by atoms with Crippen LogP contribution in [0.15, 0.2) is 23.2 Å². The van der Waals surface area contributed by atoms with E-state index in [1.165, 1.54) is 4.90 Å². The van der Waals surface area contributed by atoms with Crippen molar-refractivity contribution >= 4 is 29.9 Å². The molecule has 0 spiro atoms. The Morgan fingerprint density at radius 1 is 1.20 bits per heavy atom. The number of rotatable bonds is 5. The molecule has 2 N–H and O–H groups in total. The lowest BCUT2D eigenvalue weighted by Gasteiger charge is -2.29. The van der Waals surface area contributed by atoms with Crippen LogP contribution in [-0.2, 0) is 5.41 Å². The van der Waals surface area contributed by atoms with Crippen molar-refractivity contribution < 1.29 is 22.6 Å². The molecule has 1 aromatic rings. The highest BCUT2D eigenvalue weighted by molar-refractivity contribution is 14.0. The van der Waals surface area contributed by atoms with Gasteiger partial charge in [0.05, 0.1) is 6.54 Å². The Morgan fingerprint density at radius 2 is 1.90 bits per heavy atom. The topological polar surface area (TPSA) is 58.1 Å². The van der Waals surface area contributed by atoms with Gasteiger partial charge in [-0.05, 0) is 24.1 Å². The van der Waals surface area contributed by atoms with E-state index in [0.29, 0.717) is 45.2 Å². The molecule has 1 aromatic carbocycles. The van der Waals surface area contributed by atoms with Crippen LogP contribution in [0.4, 0.5) is 13.2 Å². The molecule has 1 atom stereocenters. The highest BCUT2D eigenvalue weighted by atomic mass is 127. The highest BCUT2D eigenvalue weighted by Gasteiger charge is 2.34. The molecule has 0 radical (unpaired) electrons. The zero-order valence-corrected chi connectivity index (χ0v) is 19.8. The number of hydrogen-bond donors (Lipinski definition) is 2. The Kier molecular flexibility index (Phi) is 8.49. The Morgan fingerprint density at radius 3 is 2.57 bits per heavy atom. The van der Waals surface area contributed by atoms with Crippen LogP contribution in [0.2, 0.25) is 0 Å². The predicted molar refractivity (Wildman–Crippen MR) is 121 cm³/mol. The smallest absolute Gasteiger partial charge is 0.401 e. The van der Waals surface area contributed by atoms with E-state index in [1.807, 2.05) is 18.2 Å². The second kappa shape index (κ2) is 10.3. The number of halogens is 4. The Balaban J connectivity index is 0.00000320. The number of alkyl halides is 3. The van der Waals surface area contributed by atoms with Crippen LogP contribution < -0.4 is 20.1 Å². The first-order valence-corrected chi connectivity index (χ1v) is 9.83. The Bertz CT molecular complexity index is 743. The fourth-order valence-electron chi connectivity index (χ4n) is 3.61. The molecular formula is C20H30F3IN4O2. The van der Waals surface area contributed by atoms with E-state index in [0.717, 1.165) is 17.1 Å². The number of aliphatic imine (C=N–C) groups is 1. The van der Waals surface area contributed by atoms with Crippen molar-refractivity contribution in [1.82, 2.24) is 15.5 Å². The fraction of sp³-hybridized carbons (Fsp3) is 0.650. The summed E-state index contributed by atoms with van der Waals surface area (Å²) in [7, 11) is 1.66. The van der Waals surface area contributed by atoms with E-state index in [4.69, 9.17) is 9.47 Å². The molecule has 0 amide bonds. The van der Waals surface area contributed by atoms with Crippen molar-refractivity contribution in [2.24, 2.45) is 4.99 Å². The van der Waals surface area contributed by atoms with E-state index >= 15 is 0 Å². The summed E-state index contributed by atoms with van der Waals surface area (Å²) in [6.07, 6.45) is -3.51. The van der Waals surface area contributed by atoms with Gasteiger partial charge >= 0.3 is 6.18 Å². The molecule has 2 aliphatic rings. The molecule has 1 unspecified atom stereocenters. The predicted octanol–water partition coefficient (Wildman–Crippen LogP) is 3.16. The molecule has 170 valence electrons. The maximum atomic E-state index is 12.6. The van der Waals surface area contributed by atoms with Crippen LogP contribution in [0.25, 0.3) is 0 Å². The number of hydrogen-bond acceptors (Lipinski definition) is 4. The number of guanidine groups is 1. The second-order valence-electron chi connectivity index (χ2n) is 8.15. The summed E-state index contributed by atoms with van der Waals surface area (Å²) < 4.78 is 48.9. The Hall–Kier alpha value is -1.43. The van der Waals surface area contributed by atoms with Gasteiger partial charge in [-0.15, -0.1) is 24.0 Å². The summed E-state index contributed by atoms with van der Waals surface area (Å²) in [5.74, 6) is 2.10. The molecule has 0 aliphatic carbocycles. The standard InChI is InChI=1S/C20H29F3N4O2.HI/c1-19(2,14-4-5-16-17(10-14)29-9-8-28-16)12-25-18(24-3)26-15-6-7-27(11-15)13-20(21,22)23;/h4-5,10,15H,6-9,11-13H2,1-3H3,(H2,24,25,26);1H. The number of ether oxygens (including phenoxy) is 2. The summed E-state index contributed by atoms with van der Waals surface area (Å²) in [6, 6.07) is 5.89. The zero-order valence-electron chi connectivity index (χ0n) is 17.5. The molecular weight excluding hydrogens is 512 g/mol. The van der Waals surface area contributed by atoms with Gasteiger partial charge in [0, 0.05) is 38.1 Å². The molecule has 2 aliphatic heterocycles. The molecule has 0 bridgehead atoms. The van der Waals surface area contributed by atoms with Crippen molar-refractivity contribution in [1.29, 1.82) is 0 Å². The van der Waals surface area contributed by atoms with Crippen LogP contribution in [0.1, 0.15) is 25.8 Å². The molecule has 2 heterocycles. The number of nitrogens with zero attached hydrogens (tertiary/aromatic N) is 2. The third kappa shape index (κ3) is 6.79. The van der Waals surface area contributed by atoms with Gasteiger partial charge in [0.1, 0.15) is 13.2 Å². The van der Waals surface area contributed by atoms with Crippen LogP contribution in [0.5, 0.6) is 11.5 Å². The van der Waals surface area contributed by atoms with Gasteiger partial charge in [0.2, 0.25) is 0 Å². The number of likely N-dealkylation sites (tertiary alicyclic amines) is 1. The van der Waals surface area contributed by atoms with Crippen molar-refractivity contribution in [2.75, 3.05) is 46.4 Å². The largest absolute Gasteiger partial charge is 0.486 e. The second-order valence-corrected chi connectivity index (χ2v) is 8.15. The van der Waals surface area contributed by atoms with Crippen molar-refractivity contribution in [2.45, 2.75) is 37.9 Å². The van der Waals surface area contributed by atoms with E-state index in [2.05, 4.69) is 29.5 Å². The minimum atomic E-state index is -4.16. The van der Waals surface area contributed by atoms with Gasteiger partial charge in [-0.1, -0.05) is 19.9 Å². The summed E-state index contributed by atoms with van der Waals surface area (Å²) in [5.41, 5.74) is 0.882. The normalized spacial score (nSPS) is 19.9. The average Bonchev–Trinajstić information content (AvgIpc) is 3.09. The van der Waals surface area contributed by atoms with Crippen LogP contribution in [0, 0.1) is 0 Å². The maximum Gasteiger partial charge on any atom is 0.401 e. The van der Waals surface area contributed by atoms with Gasteiger partial charge < -0.3 is 20.1 Å². The molecule has 10 heteroatoms. The Labute approximate surface area is 192 Å². The van der Waals surface area contributed by atoms with Gasteiger partial charge in [-0.2, -0.15) is 13.2 Å². The maximum absolute atomic E-state index is 12.6. The first-order valence-electron chi connectivity index (χ1n) is 9.83. The fourth-order valence-corrected chi connectivity index (χ4v) is 3.61. The number of benzene rings is 1. The van der Waals surface area contributed by atoms with Crippen molar-refractivity contribution in [3.63, 3.8) is 0 Å². The number of nitrogens with one attached hydrogen (secondary N) is 2. The van der Waals surface area contributed by atoms with Crippen LogP contribution in [-0.4, -0.2) is 69.5 Å². The van der Waals surface area contributed by atoms with Crippen LogP contribution in [0.3, 0.4) is 0 Å². The summed E-state index contributed by atoms with van der Waals surface area (Å²) >= 11 is 0. The number of fused-ring (bicyclic) bond motifs is 1. The summed E-state index contributed by atoms with van der Waals surface area (Å²) in [6.45, 7) is 5.83. The average molecular weight is 542 g/mol. The quantitative estimate of drug-likeness (QED) is 0.340. The highest BCUT2D eigenvalue weighted by Crippen LogP contribution is 2.34. The molecule has 0 aromatic heterocycles. The SMILES string of the molecule is CN=C(NCC(C)(C)c1ccc2c(c1)OCCO2)NC1CCN(CC(F)(F)F)C1.I. The lowest BCUT2D eigenvalue weighted by atomic mass is 9.84. The van der Waals surface area contributed by atoms with E-state index < -0.39 is 12.7 Å². The van der Waals surface area contributed by atoms with Gasteiger partial charge in [-0.3, -0.25) is 9.89 Å². The molecule has 0 saturated carbocycles. The third-order valence-electron chi connectivity index (χ3n) is 5.26. The van der Waals surface area contributed by atoms with Gasteiger partial charge in [0.15, 0.2) is 17.5 Å². The monoisotopic (exact) mass is 542 g/mol. The van der Waals surface area contributed by atoms with Gasteiger partial charge in [-0.25, -0.2) is 0 Å². The van der Waals surface area contributed by atoms with E-state index in [1.54, 1.807) is 7.05 Å². The lowest BCUT2D eigenvalue weighted by Crippen LogP contribution is -2.48. The summed E-state index contributed by atoms with van der Waals surface area (Å²) in [5, 5.41) is 6.54. The molecule has 30 heavy (non-hydrogen) atoms. The van der Waals surface area contributed by atoms with Crippen molar-refractivity contribution in [3.05, 3.63) is 23.8 Å². The lowest BCUT2D eigenvalue weighted by molar-refractivity contribution is -0.143. The zero-order chi connectivity index (χ0) is 21.1. The molecule has 1 fully saturated rings. The molecule has 3 rings (SSSR count). The minimum absolute atomic E-state index is 0. The third-order valence-corrected chi connectivity index (χ3v) is 5.26. The molecule has 6 nitrogen and oxygen atoms in total. The summed E-state index contributed by atoms with van der Waals surface area (Å²) in [4.78, 5) is 5.65. The van der Waals surface area contributed by atoms with Crippen molar-refractivity contribution in [3.8, 4) is 11.5 Å². The van der Waals surface area contributed by atoms with Gasteiger partial charge in [0.25, 0.3) is 0 Å². The van der Waals surface area contributed by atoms with Crippen LogP contribution >= 0.6 is 24.0 Å². The first-order chi connectivity index (χ1) is 13.7. The molecule has 1 saturated heterocycles. The first kappa shape index (κ1) is 24.8.